The number of nitrogens with zero attached hydrogens (tertiary/aromatic N) is 3. The third-order valence-electron chi connectivity index (χ3n) is 4.78. The van der Waals surface area contributed by atoms with Crippen LogP contribution < -0.4 is 4.74 Å². The van der Waals surface area contributed by atoms with Crippen molar-refractivity contribution in [1.29, 1.82) is 0 Å². The summed E-state index contributed by atoms with van der Waals surface area (Å²) >= 11 is 0. The van der Waals surface area contributed by atoms with Crippen LogP contribution in [0.4, 0.5) is 0 Å². The number of ether oxygens (including phenoxy) is 1. The predicted octanol–water partition coefficient (Wildman–Crippen LogP) is 2.28. The van der Waals surface area contributed by atoms with Gasteiger partial charge in [0.1, 0.15) is 11.4 Å². The van der Waals surface area contributed by atoms with Crippen molar-refractivity contribution in [2.24, 2.45) is 0 Å². The molecule has 4 rings (SSSR count). The number of H-pyrrole nitrogens is 1. The largest absolute Gasteiger partial charge is 0.496 e. The van der Waals surface area contributed by atoms with E-state index < -0.39 is 0 Å². The lowest BCUT2D eigenvalue weighted by atomic mass is 10.1. The normalized spacial score (nSPS) is 14.2. The molecule has 1 aromatic carbocycles. The number of aromatic amines is 1. The van der Waals surface area contributed by atoms with Gasteiger partial charge in [-0.15, -0.1) is 0 Å². The lowest BCUT2D eigenvalue weighted by Crippen LogP contribution is -2.50. The van der Waals surface area contributed by atoms with Crippen molar-refractivity contribution in [2.75, 3.05) is 33.3 Å². The Morgan fingerprint density at radius 3 is 2.43 bits per heavy atom. The standard InChI is InChI=1S/C20H20N4O4/c1-27-17-6-3-2-5-14(17)15-13-16(22-21-15)19(25)23-8-10-24(11-9-23)20(26)18-7-4-12-28-18/h2-7,12-13H,8-11H2,1H3,(H,21,22). The SMILES string of the molecule is COc1ccccc1-c1cc(C(=O)N2CCN(C(=O)c3ccco3)CC2)[nH]n1. The summed E-state index contributed by atoms with van der Waals surface area (Å²) in [7, 11) is 1.60. The number of hydrogen-bond acceptors (Lipinski definition) is 5. The molecular formula is C20H20N4O4. The van der Waals surface area contributed by atoms with Crippen molar-refractivity contribution >= 4 is 11.8 Å². The molecule has 8 heteroatoms. The summed E-state index contributed by atoms with van der Waals surface area (Å²) in [6, 6.07) is 12.6. The van der Waals surface area contributed by atoms with E-state index >= 15 is 0 Å². The molecule has 2 amide bonds. The zero-order valence-corrected chi connectivity index (χ0v) is 15.4. The number of carbonyl (C=O) groups is 2. The molecule has 1 saturated heterocycles. The van der Waals surface area contributed by atoms with Gasteiger partial charge in [-0.2, -0.15) is 5.10 Å². The van der Waals surface area contributed by atoms with Crippen molar-refractivity contribution in [3.05, 3.63) is 60.2 Å². The molecular weight excluding hydrogens is 360 g/mol. The fourth-order valence-corrected chi connectivity index (χ4v) is 3.26. The van der Waals surface area contributed by atoms with Crippen molar-refractivity contribution in [3.63, 3.8) is 0 Å². The van der Waals surface area contributed by atoms with E-state index in [4.69, 9.17) is 9.15 Å². The number of furan rings is 1. The number of para-hydroxylation sites is 1. The maximum absolute atomic E-state index is 12.8. The van der Waals surface area contributed by atoms with Gasteiger partial charge in [0.2, 0.25) is 0 Å². The van der Waals surface area contributed by atoms with Gasteiger partial charge in [0.05, 0.1) is 19.1 Å². The van der Waals surface area contributed by atoms with Crippen LogP contribution in [-0.4, -0.2) is 65.1 Å². The van der Waals surface area contributed by atoms with E-state index in [1.165, 1.54) is 6.26 Å². The Morgan fingerprint density at radius 1 is 1.04 bits per heavy atom. The molecule has 0 spiro atoms. The van der Waals surface area contributed by atoms with Gasteiger partial charge in [-0.05, 0) is 30.3 Å². The van der Waals surface area contributed by atoms with Crippen LogP contribution >= 0.6 is 0 Å². The van der Waals surface area contributed by atoms with Crippen molar-refractivity contribution in [1.82, 2.24) is 20.0 Å². The first-order valence-corrected chi connectivity index (χ1v) is 8.98. The van der Waals surface area contributed by atoms with E-state index in [0.717, 1.165) is 5.56 Å². The first-order chi connectivity index (χ1) is 13.7. The van der Waals surface area contributed by atoms with Crippen LogP contribution in [0.1, 0.15) is 21.0 Å². The number of carbonyl (C=O) groups excluding carboxylic acids is 2. The summed E-state index contributed by atoms with van der Waals surface area (Å²) in [6.45, 7) is 1.82. The Balaban J connectivity index is 1.42. The Hall–Kier alpha value is -3.55. The molecule has 1 N–H and O–H groups in total. The van der Waals surface area contributed by atoms with E-state index in [-0.39, 0.29) is 11.8 Å². The molecule has 2 aromatic heterocycles. The van der Waals surface area contributed by atoms with E-state index in [1.54, 1.807) is 35.1 Å². The Kier molecular flexibility index (Phi) is 4.84. The molecule has 1 aliphatic rings. The third kappa shape index (κ3) is 3.36. The van der Waals surface area contributed by atoms with Gasteiger partial charge in [0, 0.05) is 31.7 Å². The highest BCUT2D eigenvalue weighted by Crippen LogP contribution is 2.28. The zero-order chi connectivity index (χ0) is 19.5. The second-order valence-corrected chi connectivity index (χ2v) is 6.43. The van der Waals surface area contributed by atoms with Gasteiger partial charge in [-0.3, -0.25) is 14.7 Å². The number of benzene rings is 1. The highest BCUT2D eigenvalue weighted by Gasteiger charge is 2.27. The maximum Gasteiger partial charge on any atom is 0.289 e. The number of piperazine rings is 1. The molecule has 28 heavy (non-hydrogen) atoms. The van der Waals surface area contributed by atoms with Gasteiger partial charge in [-0.1, -0.05) is 12.1 Å². The monoisotopic (exact) mass is 380 g/mol. The second-order valence-electron chi connectivity index (χ2n) is 6.43. The molecule has 8 nitrogen and oxygen atoms in total. The van der Waals surface area contributed by atoms with Crippen molar-refractivity contribution in [2.45, 2.75) is 0 Å². The number of aromatic nitrogens is 2. The summed E-state index contributed by atoms with van der Waals surface area (Å²) in [4.78, 5) is 28.5. The van der Waals surface area contributed by atoms with Crippen LogP contribution in [0.5, 0.6) is 5.75 Å². The molecule has 0 unspecified atom stereocenters. The average molecular weight is 380 g/mol. The summed E-state index contributed by atoms with van der Waals surface area (Å²) in [6.07, 6.45) is 1.48. The topological polar surface area (TPSA) is 91.7 Å². The number of nitrogens with one attached hydrogen (secondary N) is 1. The predicted molar refractivity (Wildman–Crippen MR) is 101 cm³/mol. The maximum atomic E-state index is 12.8. The van der Waals surface area contributed by atoms with Crippen LogP contribution in [0.15, 0.2) is 53.1 Å². The number of hydrogen-bond donors (Lipinski definition) is 1. The van der Waals surface area contributed by atoms with Crippen LogP contribution in [0, 0.1) is 0 Å². The molecule has 0 saturated carbocycles. The summed E-state index contributed by atoms with van der Waals surface area (Å²) in [5, 5.41) is 7.08. The molecule has 0 atom stereocenters. The number of amides is 2. The minimum absolute atomic E-state index is 0.140. The molecule has 0 radical (unpaired) electrons. The smallest absolute Gasteiger partial charge is 0.289 e. The fourth-order valence-electron chi connectivity index (χ4n) is 3.26. The number of methoxy groups -OCH3 is 1. The Labute approximate surface area is 161 Å². The van der Waals surface area contributed by atoms with E-state index in [2.05, 4.69) is 10.2 Å². The first kappa shape index (κ1) is 17.8. The average Bonchev–Trinajstić information content (AvgIpc) is 3.45. The van der Waals surface area contributed by atoms with Gasteiger partial charge in [0.25, 0.3) is 11.8 Å². The molecule has 3 heterocycles. The van der Waals surface area contributed by atoms with E-state index in [9.17, 15) is 9.59 Å². The zero-order valence-electron chi connectivity index (χ0n) is 15.4. The molecule has 1 aliphatic heterocycles. The lowest BCUT2D eigenvalue weighted by molar-refractivity contribution is 0.0515. The van der Waals surface area contributed by atoms with Crippen molar-refractivity contribution < 1.29 is 18.7 Å². The number of rotatable bonds is 4. The third-order valence-corrected chi connectivity index (χ3v) is 4.78. The quantitative estimate of drug-likeness (QED) is 0.750. The highest BCUT2D eigenvalue weighted by molar-refractivity contribution is 5.94. The minimum atomic E-state index is -0.155. The van der Waals surface area contributed by atoms with Gasteiger partial charge < -0.3 is 19.0 Å². The molecule has 144 valence electrons. The first-order valence-electron chi connectivity index (χ1n) is 8.98. The minimum Gasteiger partial charge on any atom is -0.496 e. The van der Waals surface area contributed by atoms with Gasteiger partial charge in [-0.25, -0.2) is 0 Å². The van der Waals surface area contributed by atoms with Crippen molar-refractivity contribution in [3.8, 4) is 17.0 Å². The van der Waals surface area contributed by atoms with Gasteiger partial charge >= 0.3 is 0 Å². The van der Waals surface area contributed by atoms with Crippen LogP contribution in [-0.2, 0) is 0 Å². The Bertz CT molecular complexity index is 972. The highest BCUT2D eigenvalue weighted by atomic mass is 16.5. The molecule has 1 fully saturated rings. The summed E-state index contributed by atoms with van der Waals surface area (Å²) < 4.78 is 10.5. The van der Waals surface area contributed by atoms with Crippen LogP contribution in [0.2, 0.25) is 0 Å². The Morgan fingerprint density at radius 2 is 1.75 bits per heavy atom. The van der Waals surface area contributed by atoms with Gasteiger partial charge in [0.15, 0.2) is 5.76 Å². The lowest BCUT2D eigenvalue weighted by Gasteiger charge is -2.34. The summed E-state index contributed by atoms with van der Waals surface area (Å²) in [5.74, 6) is 0.712. The van der Waals surface area contributed by atoms with Crippen LogP contribution in [0.25, 0.3) is 11.3 Å². The molecule has 0 bridgehead atoms. The van der Waals surface area contributed by atoms with E-state index in [0.29, 0.717) is 49.1 Å². The van der Waals surface area contributed by atoms with E-state index in [1.807, 2.05) is 24.3 Å². The molecule has 3 aromatic rings. The molecule has 0 aliphatic carbocycles. The second kappa shape index (κ2) is 7.59. The fraction of sp³-hybridized carbons (Fsp3) is 0.250. The summed E-state index contributed by atoms with van der Waals surface area (Å²) in [5.41, 5.74) is 1.87. The van der Waals surface area contributed by atoms with Crippen LogP contribution in [0.3, 0.4) is 0 Å².